The third-order valence-electron chi connectivity index (χ3n) is 7.80. The molecule has 1 saturated carbocycles. The molecule has 2 unspecified atom stereocenters. The summed E-state index contributed by atoms with van der Waals surface area (Å²) in [5.41, 5.74) is -1.70. The largest absolute Gasteiger partial charge is 0.416 e. The van der Waals surface area contributed by atoms with E-state index in [1.165, 1.54) is 0 Å². The Morgan fingerprint density at radius 2 is 1.47 bits per heavy atom. The predicted molar refractivity (Wildman–Crippen MR) is 125 cm³/mol. The van der Waals surface area contributed by atoms with Crippen LogP contribution < -0.4 is 4.90 Å². The van der Waals surface area contributed by atoms with Gasteiger partial charge in [-0.2, -0.15) is 26.3 Å². The van der Waals surface area contributed by atoms with E-state index in [1.54, 1.807) is 24.3 Å². The number of amides is 2. The molecule has 0 aromatic heterocycles. The average molecular weight is 535 g/mol. The van der Waals surface area contributed by atoms with Crippen molar-refractivity contribution in [3.8, 4) is 0 Å². The molecule has 4 atom stereocenters. The molecule has 1 heterocycles. The lowest BCUT2D eigenvalue weighted by Crippen LogP contribution is -2.35. The van der Waals surface area contributed by atoms with Gasteiger partial charge in [0.2, 0.25) is 11.8 Å². The molecule has 0 bridgehead atoms. The molecule has 3 aliphatic rings. The zero-order valence-electron chi connectivity index (χ0n) is 20.2. The van der Waals surface area contributed by atoms with Gasteiger partial charge in [0, 0.05) is 12.0 Å². The smallest absolute Gasteiger partial charge is 0.294 e. The SMILES string of the molecule is Cc1ccc(C(=O)C[C@H]2C=C3CCC[C@H]3C3C(=O)N(c4cc(C(F)(F)F)cc(C(F)(F)F)c4)C(=O)C32)cc1. The molecule has 2 fully saturated rings. The van der Waals surface area contributed by atoms with Crippen molar-refractivity contribution < 1.29 is 40.7 Å². The highest BCUT2D eigenvalue weighted by molar-refractivity contribution is 6.22. The van der Waals surface area contributed by atoms with E-state index in [1.807, 2.05) is 13.0 Å². The molecule has 0 radical (unpaired) electrons. The van der Waals surface area contributed by atoms with Crippen molar-refractivity contribution >= 4 is 23.3 Å². The number of allylic oxidation sites excluding steroid dienone is 2. The first-order valence-electron chi connectivity index (χ1n) is 12.2. The van der Waals surface area contributed by atoms with E-state index in [0.717, 1.165) is 17.6 Å². The summed E-state index contributed by atoms with van der Waals surface area (Å²) in [6.07, 6.45) is -6.56. The molecular formula is C28H23F6NO3. The van der Waals surface area contributed by atoms with E-state index in [-0.39, 0.29) is 24.2 Å². The Bertz CT molecular complexity index is 1310. The Balaban J connectivity index is 1.55. The van der Waals surface area contributed by atoms with Crippen LogP contribution in [0.25, 0.3) is 0 Å². The number of halogens is 6. The number of rotatable bonds is 4. The van der Waals surface area contributed by atoms with Crippen LogP contribution in [-0.2, 0) is 21.9 Å². The van der Waals surface area contributed by atoms with E-state index in [9.17, 15) is 40.7 Å². The van der Waals surface area contributed by atoms with Crippen molar-refractivity contribution in [1.29, 1.82) is 0 Å². The van der Waals surface area contributed by atoms with Crippen LogP contribution in [0.1, 0.15) is 52.7 Å². The van der Waals surface area contributed by atoms with Crippen molar-refractivity contribution in [3.05, 3.63) is 76.4 Å². The van der Waals surface area contributed by atoms with Crippen LogP contribution in [0, 0.1) is 30.6 Å². The van der Waals surface area contributed by atoms with Gasteiger partial charge < -0.3 is 0 Å². The standard InChI is InChI=1S/C28H23F6NO3/c1-14-5-7-15(8-6-14)22(36)10-17-9-16-3-2-4-21(16)24-23(17)25(37)35(26(24)38)20-12-18(27(29,30)31)11-19(13-20)28(32,33)34/h5-9,11-13,17,21,23-24H,2-4,10H2,1H3/t17-,21-,23?,24?/m1/s1. The van der Waals surface area contributed by atoms with Crippen LogP contribution in [0.4, 0.5) is 32.0 Å². The number of ketones is 1. The van der Waals surface area contributed by atoms with Crippen LogP contribution in [0.5, 0.6) is 0 Å². The van der Waals surface area contributed by atoms with Gasteiger partial charge >= 0.3 is 12.4 Å². The maximum Gasteiger partial charge on any atom is 0.416 e. The number of aryl methyl sites for hydroxylation is 1. The zero-order chi connectivity index (χ0) is 27.6. The fraction of sp³-hybridized carbons (Fsp3) is 0.393. The summed E-state index contributed by atoms with van der Waals surface area (Å²) >= 11 is 0. The Morgan fingerprint density at radius 1 is 0.895 bits per heavy atom. The molecule has 0 spiro atoms. The second kappa shape index (κ2) is 9.10. The van der Waals surface area contributed by atoms with E-state index >= 15 is 0 Å². The van der Waals surface area contributed by atoms with Crippen molar-refractivity contribution in [3.63, 3.8) is 0 Å². The molecular weight excluding hydrogens is 512 g/mol. The lowest BCUT2D eigenvalue weighted by atomic mass is 9.67. The summed E-state index contributed by atoms with van der Waals surface area (Å²) in [5.74, 6) is -4.99. The number of hydrogen-bond donors (Lipinski definition) is 0. The number of carbonyl (C=O) groups excluding carboxylic acids is 3. The summed E-state index contributed by atoms with van der Waals surface area (Å²) in [5, 5.41) is 0. The van der Waals surface area contributed by atoms with Gasteiger partial charge in [-0.15, -0.1) is 0 Å². The number of nitrogens with zero attached hydrogens (tertiary/aromatic N) is 1. The van der Waals surface area contributed by atoms with Gasteiger partial charge in [-0.3, -0.25) is 14.4 Å². The Kier molecular flexibility index (Phi) is 6.27. The van der Waals surface area contributed by atoms with Crippen LogP contribution in [0.15, 0.2) is 54.1 Å². The lowest BCUT2D eigenvalue weighted by molar-refractivity contribution is -0.143. The number of carbonyl (C=O) groups is 3. The monoisotopic (exact) mass is 535 g/mol. The molecule has 2 aliphatic carbocycles. The Labute approximate surface area is 214 Å². The molecule has 1 saturated heterocycles. The molecule has 1 aliphatic heterocycles. The summed E-state index contributed by atoms with van der Waals surface area (Å²) < 4.78 is 80.9. The van der Waals surface area contributed by atoms with Crippen LogP contribution >= 0.6 is 0 Å². The minimum Gasteiger partial charge on any atom is -0.294 e. The van der Waals surface area contributed by atoms with Gasteiger partial charge in [0.25, 0.3) is 0 Å². The number of Topliss-reactive ketones (excluding diaryl/α,β-unsaturated/α-hetero) is 1. The van der Waals surface area contributed by atoms with Gasteiger partial charge in [-0.25, -0.2) is 4.90 Å². The molecule has 4 nitrogen and oxygen atoms in total. The van der Waals surface area contributed by atoms with E-state index in [0.29, 0.717) is 35.4 Å². The van der Waals surface area contributed by atoms with Gasteiger partial charge in [0.1, 0.15) is 0 Å². The second-order valence-electron chi connectivity index (χ2n) is 10.2. The number of anilines is 1. The first-order chi connectivity index (χ1) is 17.8. The fourth-order valence-corrected chi connectivity index (χ4v) is 6.06. The normalized spacial score (nSPS) is 25.3. The molecule has 10 heteroatoms. The van der Waals surface area contributed by atoms with Gasteiger partial charge in [0.05, 0.1) is 28.7 Å². The highest BCUT2D eigenvalue weighted by Gasteiger charge is 2.57. The Hall–Kier alpha value is -3.43. The molecule has 5 rings (SSSR count). The van der Waals surface area contributed by atoms with Crippen molar-refractivity contribution in [2.75, 3.05) is 4.90 Å². The van der Waals surface area contributed by atoms with Crippen molar-refractivity contribution in [2.24, 2.45) is 23.7 Å². The molecule has 38 heavy (non-hydrogen) atoms. The molecule has 200 valence electrons. The highest BCUT2D eigenvalue weighted by Crippen LogP contribution is 2.52. The van der Waals surface area contributed by atoms with Crippen LogP contribution in [0.2, 0.25) is 0 Å². The van der Waals surface area contributed by atoms with E-state index < -0.39 is 58.7 Å². The third kappa shape index (κ3) is 4.54. The molecule has 2 aromatic rings. The van der Waals surface area contributed by atoms with Crippen LogP contribution in [-0.4, -0.2) is 17.6 Å². The van der Waals surface area contributed by atoms with Crippen LogP contribution in [0.3, 0.4) is 0 Å². The number of alkyl halides is 6. The second-order valence-corrected chi connectivity index (χ2v) is 10.2. The van der Waals surface area contributed by atoms with Crippen molar-refractivity contribution in [1.82, 2.24) is 0 Å². The Morgan fingerprint density at radius 3 is 2.05 bits per heavy atom. The average Bonchev–Trinajstić information content (AvgIpc) is 3.40. The fourth-order valence-electron chi connectivity index (χ4n) is 6.06. The van der Waals surface area contributed by atoms with Crippen molar-refractivity contribution in [2.45, 2.75) is 45.0 Å². The summed E-state index contributed by atoms with van der Waals surface area (Å²) in [6.45, 7) is 1.86. The number of fused-ring (bicyclic) bond motifs is 3. The maximum absolute atomic E-state index is 13.6. The molecule has 0 N–H and O–H groups in total. The summed E-state index contributed by atoms with van der Waals surface area (Å²) in [6, 6.07) is 7.59. The minimum atomic E-state index is -5.13. The molecule has 2 amide bonds. The van der Waals surface area contributed by atoms with Gasteiger partial charge in [0.15, 0.2) is 5.78 Å². The van der Waals surface area contributed by atoms with E-state index in [2.05, 4.69) is 0 Å². The minimum absolute atomic E-state index is 0.0404. The lowest BCUT2D eigenvalue weighted by Gasteiger charge is -2.33. The summed E-state index contributed by atoms with van der Waals surface area (Å²) in [7, 11) is 0. The first kappa shape index (κ1) is 26.2. The van der Waals surface area contributed by atoms with Gasteiger partial charge in [-0.05, 0) is 56.2 Å². The number of hydrogen-bond acceptors (Lipinski definition) is 3. The zero-order valence-corrected chi connectivity index (χ0v) is 20.2. The third-order valence-corrected chi connectivity index (χ3v) is 7.80. The highest BCUT2D eigenvalue weighted by atomic mass is 19.4. The first-order valence-corrected chi connectivity index (χ1v) is 12.2. The van der Waals surface area contributed by atoms with E-state index in [4.69, 9.17) is 0 Å². The summed E-state index contributed by atoms with van der Waals surface area (Å²) in [4.78, 5) is 40.8. The molecule has 2 aromatic carbocycles. The quantitative estimate of drug-likeness (QED) is 0.188. The number of benzene rings is 2. The topological polar surface area (TPSA) is 54.5 Å². The maximum atomic E-state index is 13.6. The number of imide groups is 1. The predicted octanol–water partition coefficient (Wildman–Crippen LogP) is 6.77. The van der Waals surface area contributed by atoms with Gasteiger partial charge in [-0.1, -0.05) is 41.5 Å².